The third-order valence-electron chi connectivity index (χ3n) is 3.61. The lowest BCUT2D eigenvalue weighted by Gasteiger charge is -2.22. The first kappa shape index (κ1) is 8.98. The van der Waals surface area contributed by atoms with Gasteiger partial charge in [-0.05, 0) is 44.6 Å². The Kier molecular flexibility index (Phi) is 2.27. The minimum atomic E-state index is 0.402. The third kappa shape index (κ3) is 1.45. The SMILES string of the molecule is CC(C)=C1CC2CCCCC2C1=O. The number of carbonyl (C=O) groups excluding carboxylic acids is 1. The Bertz CT molecular complexity index is 258. The van der Waals surface area contributed by atoms with E-state index in [1.807, 2.05) is 0 Å². The number of hydrogen-bond donors (Lipinski definition) is 0. The van der Waals surface area contributed by atoms with Crippen molar-refractivity contribution in [3.05, 3.63) is 11.1 Å². The Labute approximate surface area is 80.2 Å². The number of ketones is 1. The van der Waals surface area contributed by atoms with Gasteiger partial charge in [-0.1, -0.05) is 18.4 Å². The van der Waals surface area contributed by atoms with E-state index in [9.17, 15) is 4.79 Å². The molecule has 72 valence electrons. The number of Topliss-reactive ketones (excluding diaryl/α,β-unsaturated/α-hetero) is 1. The molecule has 2 atom stereocenters. The van der Waals surface area contributed by atoms with Gasteiger partial charge < -0.3 is 0 Å². The Balaban J connectivity index is 2.24. The van der Waals surface area contributed by atoms with Crippen LogP contribution >= 0.6 is 0 Å². The van der Waals surface area contributed by atoms with Crippen LogP contribution < -0.4 is 0 Å². The standard InChI is InChI=1S/C12H18O/c1-8(2)11-7-9-5-3-4-6-10(9)12(11)13/h9-10H,3-7H2,1-2H3. The van der Waals surface area contributed by atoms with Crippen molar-refractivity contribution >= 4 is 5.78 Å². The molecule has 2 aliphatic rings. The van der Waals surface area contributed by atoms with Crippen molar-refractivity contribution in [3.8, 4) is 0 Å². The molecule has 0 aromatic carbocycles. The molecular formula is C12H18O. The van der Waals surface area contributed by atoms with E-state index in [1.54, 1.807) is 0 Å². The number of fused-ring (bicyclic) bond motifs is 1. The van der Waals surface area contributed by atoms with E-state index >= 15 is 0 Å². The quantitative estimate of drug-likeness (QED) is 0.521. The molecule has 0 saturated heterocycles. The molecule has 2 aliphatic carbocycles. The van der Waals surface area contributed by atoms with Gasteiger partial charge in [-0.2, -0.15) is 0 Å². The molecule has 0 heterocycles. The molecule has 2 unspecified atom stereocenters. The Morgan fingerprint density at radius 3 is 2.54 bits per heavy atom. The Morgan fingerprint density at radius 2 is 1.92 bits per heavy atom. The van der Waals surface area contributed by atoms with Crippen molar-refractivity contribution in [1.29, 1.82) is 0 Å². The van der Waals surface area contributed by atoms with Crippen molar-refractivity contribution in [1.82, 2.24) is 0 Å². The fraction of sp³-hybridized carbons (Fsp3) is 0.750. The first-order valence-corrected chi connectivity index (χ1v) is 5.40. The molecule has 0 aromatic rings. The largest absolute Gasteiger partial charge is 0.294 e. The van der Waals surface area contributed by atoms with E-state index in [0.29, 0.717) is 17.6 Å². The molecule has 13 heavy (non-hydrogen) atoms. The second-order valence-corrected chi connectivity index (χ2v) is 4.70. The molecule has 2 saturated carbocycles. The Morgan fingerprint density at radius 1 is 1.23 bits per heavy atom. The van der Waals surface area contributed by atoms with Crippen LogP contribution in [0.1, 0.15) is 46.0 Å². The summed E-state index contributed by atoms with van der Waals surface area (Å²) in [5.41, 5.74) is 2.40. The second kappa shape index (κ2) is 3.28. The minimum absolute atomic E-state index is 0.402. The minimum Gasteiger partial charge on any atom is -0.294 e. The van der Waals surface area contributed by atoms with Gasteiger partial charge in [-0.3, -0.25) is 4.79 Å². The summed E-state index contributed by atoms with van der Waals surface area (Å²) in [6, 6.07) is 0. The summed E-state index contributed by atoms with van der Waals surface area (Å²) in [5.74, 6) is 1.58. The summed E-state index contributed by atoms with van der Waals surface area (Å²) in [5, 5.41) is 0. The average molecular weight is 178 g/mol. The summed E-state index contributed by atoms with van der Waals surface area (Å²) < 4.78 is 0. The highest BCUT2D eigenvalue weighted by Gasteiger charge is 2.39. The van der Waals surface area contributed by atoms with Crippen LogP contribution in [0.25, 0.3) is 0 Å². The van der Waals surface area contributed by atoms with E-state index in [0.717, 1.165) is 18.4 Å². The fourth-order valence-electron chi connectivity index (χ4n) is 2.83. The van der Waals surface area contributed by atoms with Crippen LogP contribution in [-0.4, -0.2) is 5.78 Å². The molecule has 0 bridgehead atoms. The zero-order valence-corrected chi connectivity index (χ0v) is 8.60. The number of hydrogen-bond acceptors (Lipinski definition) is 1. The molecule has 0 spiro atoms. The summed E-state index contributed by atoms with van der Waals surface area (Å²) in [6.07, 6.45) is 6.12. The van der Waals surface area contributed by atoms with E-state index in [-0.39, 0.29) is 0 Å². The van der Waals surface area contributed by atoms with Crippen LogP contribution in [0.3, 0.4) is 0 Å². The highest BCUT2D eigenvalue weighted by molar-refractivity contribution is 6.00. The lowest BCUT2D eigenvalue weighted by Crippen LogP contribution is -2.18. The second-order valence-electron chi connectivity index (χ2n) is 4.70. The lowest BCUT2D eigenvalue weighted by atomic mass is 9.81. The van der Waals surface area contributed by atoms with Crippen molar-refractivity contribution in [2.24, 2.45) is 11.8 Å². The van der Waals surface area contributed by atoms with Crippen LogP contribution in [0.5, 0.6) is 0 Å². The highest BCUT2D eigenvalue weighted by atomic mass is 16.1. The van der Waals surface area contributed by atoms with Crippen LogP contribution in [0.4, 0.5) is 0 Å². The third-order valence-corrected chi connectivity index (χ3v) is 3.61. The normalized spacial score (nSPS) is 33.4. The van der Waals surface area contributed by atoms with Crippen molar-refractivity contribution in [2.45, 2.75) is 46.0 Å². The van der Waals surface area contributed by atoms with E-state index in [1.165, 1.54) is 24.8 Å². The van der Waals surface area contributed by atoms with Gasteiger partial charge in [0.2, 0.25) is 0 Å². The summed E-state index contributed by atoms with van der Waals surface area (Å²) >= 11 is 0. The molecule has 0 N–H and O–H groups in total. The van der Waals surface area contributed by atoms with Crippen LogP contribution in [-0.2, 0) is 4.79 Å². The predicted octanol–water partition coefficient (Wildman–Crippen LogP) is 3.10. The average Bonchev–Trinajstić information content (AvgIpc) is 2.45. The highest BCUT2D eigenvalue weighted by Crippen LogP contribution is 2.43. The summed E-state index contributed by atoms with van der Waals surface area (Å²) in [4.78, 5) is 11.9. The molecular weight excluding hydrogens is 160 g/mol. The molecule has 1 heteroatoms. The van der Waals surface area contributed by atoms with Crippen molar-refractivity contribution in [2.75, 3.05) is 0 Å². The fourth-order valence-corrected chi connectivity index (χ4v) is 2.83. The first-order valence-electron chi connectivity index (χ1n) is 5.40. The van der Waals surface area contributed by atoms with Crippen molar-refractivity contribution in [3.63, 3.8) is 0 Å². The maximum Gasteiger partial charge on any atom is 0.162 e. The number of carbonyl (C=O) groups is 1. The maximum atomic E-state index is 11.9. The van der Waals surface area contributed by atoms with Gasteiger partial charge in [0.1, 0.15) is 0 Å². The van der Waals surface area contributed by atoms with E-state index in [4.69, 9.17) is 0 Å². The number of allylic oxidation sites excluding steroid dienone is 2. The van der Waals surface area contributed by atoms with Gasteiger partial charge in [-0.15, -0.1) is 0 Å². The van der Waals surface area contributed by atoms with Gasteiger partial charge in [-0.25, -0.2) is 0 Å². The monoisotopic (exact) mass is 178 g/mol. The van der Waals surface area contributed by atoms with Crippen LogP contribution in [0.2, 0.25) is 0 Å². The zero-order valence-electron chi connectivity index (χ0n) is 8.60. The molecule has 0 amide bonds. The lowest BCUT2D eigenvalue weighted by molar-refractivity contribution is -0.119. The molecule has 2 rings (SSSR count). The number of rotatable bonds is 0. The molecule has 0 aromatic heterocycles. The molecule has 2 fully saturated rings. The van der Waals surface area contributed by atoms with Gasteiger partial charge in [0.25, 0.3) is 0 Å². The zero-order chi connectivity index (χ0) is 9.42. The van der Waals surface area contributed by atoms with E-state index < -0.39 is 0 Å². The van der Waals surface area contributed by atoms with Gasteiger partial charge in [0, 0.05) is 5.92 Å². The van der Waals surface area contributed by atoms with Crippen LogP contribution in [0, 0.1) is 11.8 Å². The molecule has 0 radical (unpaired) electrons. The Hall–Kier alpha value is -0.590. The summed E-state index contributed by atoms with van der Waals surface area (Å²) in [7, 11) is 0. The van der Waals surface area contributed by atoms with Gasteiger partial charge in [0.15, 0.2) is 5.78 Å². The molecule has 0 aliphatic heterocycles. The first-order chi connectivity index (χ1) is 6.20. The van der Waals surface area contributed by atoms with Gasteiger partial charge in [0.05, 0.1) is 0 Å². The molecule has 1 nitrogen and oxygen atoms in total. The smallest absolute Gasteiger partial charge is 0.162 e. The van der Waals surface area contributed by atoms with Crippen molar-refractivity contribution < 1.29 is 4.79 Å². The van der Waals surface area contributed by atoms with Gasteiger partial charge >= 0.3 is 0 Å². The van der Waals surface area contributed by atoms with Crippen LogP contribution in [0.15, 0.2) is 11.1 Å². The maximum absolute atomic E-state index is 11.9. The topological polar surface area (TPSA) is 17.1 Å². The van der Waals surface area contributed by atoms with E-state index in [2.05, 4.69) is 13.8 Å². The summed E-state index contributed by atoms with van der Waals surface area (Å²) in [6.45, 7) is 4.15. The predicted molar refractivity (Wildman–Crippen MR) is 53.4 cm³/mol.